The summed E-state index contributed by atoms with van der Waals surface area (Å²) in [7, 11) is 0. The van der Waals surface area contributed by atoms with E-state index in [0.717, 1.165) is 44.3 Å². The average molecular weight is 235 g/mol. The minimum absolute atomic E-state index is 0.239. The third kappa shape index (κ3) is 2.02. The first-order chi connectivity index (χ1) is 8.25. The Bertz CT molecular complexity index is 399. The average Bonchev–Trinajstić information content (AvgIpc) is 2.74. The van der Waals surface area contributed by atoms with Crippen LogP contribution < -0.4 is 0 Å². The molecule has 2 aliphatic rings. The molecule has 3 nitrogen and oxygen atoms in total. The maximum absolute atomic E-state index is 9.99. The Morgan fingerprint density at radius 2 is 2.29 bits per heavy atom. The van der Waals surface area contributed by atoms with E-state index in [1.54, 1.807) is 0 Å². The van der Waals surface area contributed by atoms with Gasteiger partial charge in [-0.1, -0.05) is 0 Å². The maximum Gasteiger partial charge on any atom is 0.0807 e. The van der Waals surface area contributed by atoms with Gasteiger partial charge in [-0.3, -0.25) is 0 Å². The van der Waals surface area contributed by atoms with Gasteiger partial charge in [0, 0.05) is 30.1 Å². The topological polar surface area (TPSA) is 34.4 Å². The highest BCUT2D eigenvalue weighted by molar-refractivity contribution is 5.28. The molecule has 17 heavy (non-hydrogen) atoms. The molecule has 1 fully saturated rings. The second-order valence-corrected chi connectivity index (χ2v) is 5.39. The standard InChI is InChI=1S/C14H21NO2/c1-10-9-11(6-8-17-10)15-7-5-12-13(15)3-2-4-14(12)16/h5,7,10-11,14,16H,2-4,6,8-9H2,1H3. The van der Waals surface area contributed by atoms with Gasteiger partial charge in [-0.2, -0.15) is 0 Å². The van der Waals surface area contributed by atoms with E-state index in [1.165, 1.54) is 5.69 Å². The third-order valence-corrected chi connectivity index (χ3v) is 4.16. The van der Waals surface area contributed by atoms with Crippen molar-refractivity contribution in [2.45, 2.75) is 57.3 Å². The van der Waals surface area contributed by atoms with E-state index in [4.69, 9.17) is 4.74 Å². The minimum Gasteiger partial charge on any atom is -0.388 e. The molecule has 0 amide bonds. The van der Waals surface area contributed by atoms with Crippen LogP contribution in [0.15, 0.2) is 12.3 Å². The summed E-state index contributed by atoms with van der Waals surface area (Å²) < 4.78 is 8.01. The zero-order chi connectivity index (χ0) is 11.8. The Labute approximate surface area is 102 Å². The molecular weight excluding hydrogens is 214 g/mol. The highest BCUT2D eigenvalue weighted by Gasteiger charge is 2.26. The van der Waals surface area contributed by atoms with Crippen molar-refractivity contribution < 1.29 is 9.84 Å². The SMILES string of the molecule is CC1CC(n2ccc3c2CCCC3O)CCO1. The lowest BCUT2D eigenvalue weighted by atomic mass is 9.94. The molecule has 94 valence electrons. The van der Waals surface area contributed by atoms with Crippen molar-refractivity contribution in [1.29, 1.82) is 0 Å². The Morgan fingerprint density at radius 1 is 1.41 bits per heavy atom. The van der Waals surface area contributed by atoms with Gasteiger partial charge in [0.05, 0.1) is 12.2 Å². The zero-order valence-electron chi connectivity index (χ0n) is 10.4. The molecule has 0 saturated carbocycles. The Morgan fingerprint density at radius 3 is 3.12 bits per heavy atom. The van der Waals surface area contributed by atoms with Crippen LogP contribution in [0.2, 0.25) is 0 Å². The number of hydrogen-bond donors (Lipinski definition) is 1. The summed E-state index contributed by atoms with van der Waals surface area (Å²) in [5.41, 5.74) is 2.53. The van der Waals surface area contributed by atoms with Gasteiger partial charge in [0.25, 0.3) is 0 Å². The van der Waals surface area contributed by atoms with Crippen LogP contribution in [-0.2, 0) is 11.2 Å². The number of aromatic nitrogens is 1. The van der Waals surface area contributed by atoms with Gasteiger partial charge in [0.1, 0.15) is 0 Å². The van der Waals surface area contributed by atoms with Gasteiger partial charge in [0.2, 0.25) is 0 Å². The number of hydrogen-bond acceptors (Lipinski definition) is 2. The molecule has 0 radical (unpaired) electrons. The molecule has 1 aliphatic heterocycles. The van der Waals surface area contributed by atoms with Crippen LogP contribution in [0.5, 0.6) is 0 Å². The molecule has 0 spiro atoms. The lowest BCUT2D eigenvalue weighted by molar-refractivity contribution is 0.00531. The molecule has 3 unspecified atom stereocenters. The smallest absolute Gasteiger partial charge is 0.0807 e. The van der Waals surface area contributed by atoms with Crippen LogP contribution in [-0.4, -0.2) is 22.4 Å². The van der Waals surface area contributed by atoms with Gasteiger partial charge in [-0.15, -0.1) is 0 Å². The molecule has 1 aromatic rings. The number of rotatable bonds is 1. The van der Waals surface area contributed by atoms with Crippen LogP contribution in [0.25, 0.3) is 0 Å². The van der Waals surface area contributed by atoms with Crippen molar-refractivity contribution >= 4 is 0 Å². The van der Waals surface area contributed by atoms with Crippen molar-refractivity contribution in [3.63, 3.8) is 0 Å². The first-order valence-corrected chi connectivity index (χ1v) is 6.75. The molecule has 3 atom stereocenters. The van der Waals surface area contributed by atoms with Crippen molar-refractivity contribution in [2.75, 3.05) is 6.61 Å². The van der Waals surface area contributed by atoms with Crippen LogP contribution in [0.4, 0.5) is 0 Å². The van der Waals surface area contributed by atoms with E-state index in [-0.39, 0.29) is 6.10 Å². The van der Waals surface area contributed by atoms with Crippen molar-refractivity contribution in [1.82, 2.24) is 4.57 Å². The van der Waals surface area contributed by atoms with Crippen LogP contribution in [0.3, 0.4) is 0 Å². The van der Waals surface area contributed by atoms with Crippen LogP contribution in [0.1, 0.15) is 56.0 Å². The van der Waals surface area contributed by atoms with Gasteiger partial charge < -0.3 is 14.4 Å². The molecule has 0 aromatic carbocycles. The summed E-state index contributed by atoms with van der Waals surface area (Å²) in [6.45, 7) is 3.01. The summed E-state index contributed by atoms with van der Waals surface area (Å²) in [5.74, 6) is 0. The number of aliphatic hydroxyl groups excluding tert-OH is 1. The van der Waals surface area contributed by atoms with Crippen LogP contribution >= 0.6 is 0 Å². The lowest BCUT2D eigenvalue weighted by Gasteiger charge is -2.31. The fraction of sp³-hybridized carbons (Fsp3) is 0.714. The van der Waals surface area contributed by atoms with E-state index in [2.05, 4.69) is 23.8 Å². The maximum atomic E-state index is 9.99. The number of ether oxygens (including phenoxy) is 1. The molecule has 1 N–H and O–H groups in total. The molecule has 1 aromatic heterocycles. The van der Waals surface area contributed by atoms with Crippen molar-refractivity contribution in [3.05, 3.63) is 23.5 Å². The summed E-state index contributed by atoms with van der Waals surface area (Å²) >= 11 is 0. The Balaban J connectivity index is 1.88. The minimum atomic E-state index is -0.239. The predicted molar refractivity (Wildman–Crippen MR) is 66.0 cm³/mol. The molecule has 0 bridgehead atoms. The van der Waals surface area contributed by atoms with Crippen LogP contribution in [0, 0.1) is 0 Å². The Hall–Kier alpha value is -0.800. The van der Waals surface area contributed by atoms with Gasteiger partial charge in [-0.25, -0.2) is 0 Å². The quantitative estimate of drug-likeness (QED) is 0.812. The van der Waals surface area contributed by atoms with Gasteiger partial charge in [-0.05, 0) is 45.1 Å². The number of fused-ring (bicyclic) bond motifs is 1. The van der Waals surface area contributed by atoms with E-state index in [0.29, 0.717) is 12.1 Å². The monoisotopic (exact) mass is 235 g/mol. The first-order valence-electron chi connectivity index (χ1n) is 6.75. The van der Waals surface area contributed by atoms with E-state index < -0.39 is 0 Å². The second kappa shape index (κ2) is 4.46. The lowest BCUT2D eigenvalue weighted by Crippen LogP contribution is -2.26. The molecule has 1 aliphatic carbocycles. The fourth-order valence-electron chi connectivity index (χ4n) is 3.26. The van der Waals surface area contributed by atoms with Gasteiger partial charge in [0.15, 0.2) is 0 Å². The molecule has 3 heteroatoms. The Kier molecular flexibility index (Phi) is 2.97. The third-order valence-electron chi connectivity index (χ3n) is 4.16. The van der Waals surface area contributed by atoms with Gasteiger partial charge >= 0.3 is 0 Å². The van der Waals surface area contributed by atoms with E-state index in [1.807, 2.05) is 0 Å². The number of aliphatic hydroxyl groups is 1. The molecule has 2 heterocycles. The van der Waals surface area contributed by atoms with Crippen molar-refractivity contribution in [3.8, 4) is 0 Å². The van der Waals surface area contributed by atoms with E-state index >= 15 is 0 Å². The summed E-state index contributed by atoms with van der Waals surface area (Å²) in [5, 5.41) is 9.99. The molecule has 1 saturated heterocycles. The van der Waals surface area contributed by atoms with Crippen molar-refractivity contribution in [2.24, 2.45) is 0 Å². The highest BCUT2D eigenvalue weighted by Crippen LogP contribution is 2.35. The van der Waals surface area contributed by atoms with E-state index in [9.17, 15) is 5.11 Å². The highest BCUT2D eigenvalue weighted by atomic mass is 16.5. The largest absolute Gasteiger partial charge is 0.388 e. The predicted octanol–water partition coefficient (Wildman–Crippen LogP) is 2.60. The zero-order valence-corrected chi connectivity index (χ0v) is 10.4. The summed E-state index contributed by atoms with van der Waals surface area (Å²) in [4.78, 5) is 0. The fourth-order valence-corrected chi connectivity index (χ4v) is 3.26. The summed E-state index contributed by atoms with van der Waals surface area (Å²) in [6.07, 6.45) is 7.63. The normalized spacial score (nSPS) is 33.4. The summed E-state index contributed by atoms with van der Waals surface area (Å²) in [6, 6.07) is 2.67. The first kappa shape index (κ1) is 11.3. The number of nitrogens with zero attached hydrogens (tertiary/aromatic N) is 1. The molecule has 3 rings (SSSR count). The second-order valence-electron chi connectivity index (χ2n) is 5.39. The molecular formula is C14H21NO2.